The minimum Gasteiger partial charge on any atom is -0.103 e. The quantitative estimate of drug-likeness (QED) is 0.321. The average Bonchev–Trinajstić information content (AvgIpc) is 2.77. The summed E-state index contributed by atoms with van der Waals surface area (Å²) < 4.78 is 0. The summed E-state index contributed by atoms with van der Waals surface area (Å²) in [5.74, 6) is 6.12. The van der Waals surface area contributed by atoms with E-state index in [0.29, 0.717) is 0 Å². The maximum absolute atomic E-state index is 3.88. The summed E-state index contributed by atoms with van der Waals surface area (Å²) in [6.07, 6.45) is 33.6. The first-order valence-electron chi connectivity index (χ1n) is 13.6. The number of allylic oxidation sites excluding steroid dienone is 3. The molecule has 29 heavy (non-hydrogen) atoms. The van der Waals surface area contributed by atoms with Gasteiger partial charge in [0, 0.05) is 0 Å². The van der Waals surface area contributed by atoms with Crippen molar-refractivity contribution < 1.29 is 0 Å². The molecule has 0 aromatic carbocycles. The lowest BCUT2D eigenvalue weighted by atomic mass is 9.68. The van der Waals surface area contributed by atoms with Gasteiger partial charge in [0.1, 0.15) is 0 Å². The fourth-order valence-corrected chi connectivity index (χ4v) is 6.95. The van der Waals surface area contributed by atoms with Crippen LogP contribution in [0.2, 0.25) is 0 Å². The molecule has 0 heterocycles. The number of hydrogen-bond acceptors (Lipinski definition) is 0. The zero-order valence-corrected chi connectivity index (χ0v) is 19.6. The third kappa shape index (κ3) is 7.91. The Hall–Kier alpha value is -0.520. The molecule has 0 amide bonds. The fourth-order valence-electron chi connectivity index (χ4n) is 6.95. The summed E-state index contributed by atoms with van der Waals surface area (Å²) in [6.45, 7) is 6.24. The maximum Gasteiger partial charge on any atom is -0.0233 e. The van der Waals surface area contributed by atoms with E-state index in [1.165, 1.54) is 103 Å². The number of hydrogen-bond donors (Lipinski definition) is 0. The van der Waals surface area contributed by atoms with Crippen molar-refractivity contribution in [2.45, 2.75) is 122 Å². The van der Waals surface area contributed by atoms with E-state index >= 15 is 0 Å². The summed E-state index contributed by atoms with van der Waals surface area (Å²) in [4.78, 5) is 0. The third-order valence-electron chi connectivity index (χ3n) is 8.97. The Morgan fingerprint density at radius 1 is 0.621 bits per heavy atom. The van der Waals surface area contributed by atoms with Crippen molar-refractivity contribution in [1.29, 1.82) is 0 Å². The molecule has 3 aliphatic carbocycles. The second-order valence-corrected chi connectivity index (χ2v) is 11.0. The molecule has 0 aromatic rings. The van der Waals surface area contributed by atoms with Crippen LogP contribution in [0.25, 0.3) is 0 Å². The molecule has 3 saturated carbocycles. The van der Waals surface area contributed by atoms with Crippen LogP contribution in [0.4, 0.5) is 0 Å². The van der Waals surface area contributed by atoms with E-state index in [9.17, 15) is 0 Å². The molecule has 3 fully saturated rings. The average molecular weight is 399 g/mol. The van der Waals surface area contributed by atoms with E-state index < -0.39 is 0 Å². The van der Waals surface area contributed by atoms with Gasteiger partial charge in [0.25, 0.3) is 0 Å². The Labute approximate surface area is 183 Å². The molecule has 0 aliphatic heterocycles. The van der Waals surface area contributed by atoms with Gasteiger partial charge in [-0.15, -0.1) is 6.58 Å². The molecule has 0 atom stereocenters. The predicted octanol–water partition coefficient (Wildman–Crippen LogP) is 9.51. The standard InChI is InChI=1S/C29H50/c1-3-5-9-25-12-14-26(15-13-25)10-6-7-11-27-18-22-29(23-19-27)28-20-16-24(8-4-2)17-21-28/h3,7,11,24-29H,1,4-6,8-10,12-23H2,2H3/b11-7+/t24-,25-,26-,27?,28-,29?. The van der Waals surface area contributed by atoms with Gasteiger partial charge in [-0.3, -0.25) is 0 Å². The zero-order chi connectivity index (χ0) is 20.3. The van der Waals surface area contributed by atoms with Gasteiger partial charge in [0.05, 0.1) is 0 Å². The highest BCUT2D eigenvalue weighted by molar-refractivity contribution is 4.93. The van der Waals surface area contributed by atoms with Crippen molar-refractivity contribution in [2.75, 3.05) is 0 Å². The lowest BCUT2D eigenvalue weighted by Crippen LogP contribution is -2.25. The van der Waals surface area contributed by atoms with Crippen molar-refractivity contribution in [3.63, 3.8) is 0 Å². The monoisotopic (exact) mass is 398 g/mol. The molecule has 3 rings (SSSR count). The van der Waals surface area contributed by atoms with Crippen molar-refractivity contribution >= 4 is 0 Å². The molecule has 3 aliphatic rings. The van der Waals surface area contributed by atoms with Crippen LogP contribution in [-0.2, 0) is 0 Å². The van der Waals surface area contributed by atoms with Crippen molar-refractivity contribution in [2.24, 2.45) is 35.5 Å². The highest BCUT2D eigenvalue weighted by Gasteiger charge is 2.30. The summed E-state index contributed by atoms with van der Waals surface area (Å²) in [7, 11) is 0. The van der Waals surface area contributed by atoms with Crippen LogP contribution in [0.3, 0.4) is 0 Å². The number of rotatable bonds is 10. The molecule has 0 spiro atoms. The van der Waals surface area contributed by atoms with E-state index in [1.54, 1.807) is 12.8 Å². The van der Waals surface area contributed by atoms with Crippen LogP contribution in [0.15, 0.2) is 24.8 Å². The molecule has 0 heteroatoms. The second-order valence-electron chi connectivity index (χ2n) is 11.0. The molecular weight excluding hydrogens is 348 g/mol. The highest BCUT2D eigenvalue weighted by atomic mass is 14.4. The fraction of sp³-hybridized carbons (Fsp3) is 0.862. The van der Waals surface area contributed by atoms with E-state index in [0.717, 1.165) is 35.5 Å². The van der Waals surface area contributed by atoms with Gasteiger partial charge in [-0.2, -0.15) is 0 Å². The van der Waals surface area contributed by atoms with Crippen LogP contribution in [0, 0.1) is 35.5 Å². The lowest BCUT2D eigenvalue weighted by Gasteiger charge is -2.37. The van der Waals surface area contributed by atoms with Gasteiger partial charge in [0.2, 0.25) is 0 Å². The molecule has 0 nitrogen and oxygen atoms in total. The van der Waals surface area contributed by atoms with Crippen LogP contribution >= 0.6 is 0 Å². The predicted molar refractivity (Wildman–Crippen MR) is 129 cm³/mol. The van der Waals surface area contributed by atoms with Gasteiger partial charge in [0.15, 0.2) is 0 Å². The van der Waals surface area contributed by atoms with Gasteiger partial charge in [-0.1, -0.05) is 76.5 Å². The summed E-state index contributed by atoms with van der Waals surface area (Å²) in [6, 6.07) is 0. The molecule has 0 N–H and O–H groups in total. The van der Waals surface area contributed by atoms with Gasteiger partial charge in [-0.05, 0) is 99.7 Å². The molecule has 0 saturated heterocycles. The Balaban J connectivity index is 1.25. The maximum atomic E-state index is 3.88. The molecule has 0 radical (unpaired) electrons. The summed E-state index contributed by atoms with van der Waals surface area (Å²) >= 11 is 0. The first-order valence-corrected chi connectivity index (χ1v) is 13.6. The van der Waals surface area contributed by atoms with Crippen LogP contribution in [0.5, 0.6) is 0 Å². The Morgan fingerprint density at radius 3 is 1.66 bits per heavy atom. The molecule has 0 bridgehead atoms. The topological polar surface area (TPSA) is 0 Å². The first-order chi connectivity index (χ1) is 14.3. The molecule has 0 unspecified atom stereocenters. The van der Waals surface area contributed by atoms with E-state index in [1.807, 2.05) is 0 Å². The SMILES string of the molecule is C=CCC[C@H]1CC[C@H](CC/C=C/C2CCC([C@H]3CC[C@H](CCC)CC3)CC2)CC1. The van der Waals surface area contributed by atoms with Gasteiger partial charge in [-0.25, -0.2) is 0 Å². The van der Waals surface area contributed by atoms with Gasteiger partial charge < -0.3 is 0 Å². The zero-order valence-electron chi connectivity index (χ0n) is 19.6. The van der Waals surface area contributed by atoms with Crippen LogP contribution in [-0.4, -0.2) is 0 Å². The van der Waals surface area contributed by atoms with E-state index in [2.05, 4.69) is 31.7 Å². The van der Waals surface area contributed by atoms with Crippen LogP contribution < -0.4 is 0 Å². The summed E-state index contributed by atoms with van der Waals surface area (Å²) in [5, 5.41) is 0. The minimum atomic E-state index is 0.900. The molecule has 166 valence electrons. The second kappa shape index (κ2) is 13.0. The Bertz CT molecular complexity index is 450. The smallest absolute Gasteiger partial charge is 0.0233 e. The Morgan fingerprint density at radius 2 is 1.10 bits per heavy atom. The summed E-state index contributed by atoms with van der Waals surface area (Å²) in [5.41, 5.74) is 0. The largest absolute Gasteiger partial charge is 0.103 e. The normalized spacial score (nSPS) is 36.3. The third-order valence-corrected chi connectivity index (χ3v) is 8.97. The highest BCUT2D eigenvalue weighted by Crippen LogP contribution is 2.42. The first kappa shape index (κ1) is 23.1. The van der Waals surface area contributed by atoms with E-state index in [-0.39, 0.29) is 0 Å². The minimum absolute atomic E-state index is 0.900. The molecular formula is C29H50. The van der Waals surface area contributed by atoms with Crippen LogP contribution in [0.1, 0.15) is 122 Å². The molecule has 0 aromatic heterocycles. The van der Waals surface area contributed by atoms with Crippen molar-refractivity contribution in [3.05, 3.63) is 24.8 Å². The Kier molecular flexibility index (Phi) is 10.4. The van der Waals surface area contributed by atoms with Crippen molar-refractivity contribution in [1.82, 2.24) is 0 Å². The van der Waals surface area contributed by atoms with Gasteiger partial charge >= 0.3 is 0 Å². The van der Waals surface area contributed by atoms with E-state index in [4.69, 9.17) is 0 Å². The van der Waals surface area contributed by atoms with Crippen molar-refractivity contribution in [3.8, 4) is 0 Å². The lowest BCUT2D eigenvalue weighted by molar-refractivity contribution is 0.152.